The van der Waals surface area contributed by atoms with Crippen LogP contribution in [0, 0.1) is 5.92 Å². The minimum atomic E-state index is -3.30. The van der Waals surface area contributed by atoms with Crippen LogP contribution in [0.5, 0.6) is 0 Å². The van der Waals surface area contributed by atoms with Crippen molar-refractivity contribution in [3.05, 3.63) is 0 Å². The van der Waals surface area contributed by atoms with E-state index in [0.717, 1.165) is 26.1 Å². The van der Waals surface area contributed by atoms with Crippen molar-refractivity contribution < 1.29 is 8.42 Å². The van der Waals surface area contributed by atoms with Gasteiger partial charge in [0.1, 0.15) is 0 Å². The molecule has 0 aromatic carbocycles. The second kappa shape index (κ2) is 5.06. The van der Waals surface area contributed by atoms with E-state index < -0.39 is 10.0 Å². The van der Waals surface area contributed by atoms with E-state index in [1.165, 1.54) is 0 Å². The van der Waals surface area contributed by atoms with E-state index in [4.69, 9.17) is 5.14 Å². The van der Waals surface area contributed by atoms with Crippen LogP contribution in [0.4, 0.5) is 0 Å². The van der Waals surface area contributed by atoms with Crippen LogP contribution in [-0.2, 0) is 10.0 Å². The molecular weight excluding hydrogens is 202 g/mol. The number of nitrogens with zero attached hydrogens (tertiary/aromatic N) is 1. The van der Waals surface area contributed by atoms with E-state index in [0.29, 0.717) is 12.5 Å². The average Bonchev–Trinajstić information content (AvgIpc) is 2.49. The molecule has 14 heavy (non-hydrogen) atoms. The van der Waals surface area contributed by atoms with Gasteiger partial charge in [-0.05, 0) is 32.5 Å². The Morgan fingerprint density at radius 2 is 2.29 bits per heavy atom. The molecule has 0 aliphatic carbocycles. The maximum atomic E-state index is 10.7. The third-order valence-electron chi connectivity index (χ3n) is 2.55. The molecule has 3 N–H and O–H groups in total. The molecule has 1 heterocycles. The molecule has 1 unspecified atom stereocenters. The Balaban J connectivity index is 2.23. The lowest BCUT2D eigenvalue weighted by Crippen LogP contribution is -2.31. The molecule has 0 saturated carbocycles. The summed E-state index contributed by atoms with van der Waals surface area (Å²) in [6.07, 6.45) is 1.14. The normalized spacial score (nSPS) is 24.3. The van der Waals surface area contributed by atoms with E-state index in [2.05, 4.69) is 10.2 Å². The van der Waals surface area contributed by atoms with Gasteiger partial charge in [0, 0.05) is 13.1 Å². The van der Waals surface area contributed by atoms with Crippen LogP contribution in [0.1, 0.15) is 6.42 Å². The minimum Gasteiger partial charge on any atom is -0.319 e. The zero-order valence-corrected chi connectivity index (χ0v) is 9.39. The summed E-state index contributed by atoms with van der Waals surface area (Å²) in [4.78, 5) is 2.16. The van der Waals surface area contributed by atoms with E-state index >= 15 is 0 Å². The van der Waals surface area contributed by atoms with Crippen LogP contribution in [0.25, 0.3) is 0 Å². The van der Waals surface area contributed by atoms with Gasteiger partial charge < -0.3 is 10.2 Å². The van der Waals surface area contributed by atoms with Crippen LogP contribution in [0.15, 0.2) is 0 Å². The number of nitrogens with two attached hydrogens (primary N) is 1. The van der Waals surface area contributed by atoms with Gasteiger partial charge in [-0.1, -0.05) is 0 Å². The fourth-order valence-electron chi connectivity index (χ4n) is 1.83. The Morgan fingerprint density at radius 3 is 2.86 bits per heavy atom. The SMILES string of the molecule is CNCC1CCN(CCS(N)(=O)=O)C1. The van der Waals surface area contributed by atoms with Gasteiger partial charge in [0.25, 0.3) is 0 Å². The van der Waals surface area contributed by atoms with Crippen molar-refractivity contribution in [1.82, 2.24) is 10.2 Å². The van der Waals surface area contributed by atoms with Gasteiger partial charge in [0.15, 0.2) is 0 Å². The van der Waals surface area contributed by atoms with Crippen molar-refractivity contribution in [2.75, 3.05) is 39.0 Å². The van der Waals surface area contributed by atoms with Gasteiger partial charge in [0.05, 0.1) is 5.75 Å². The first-order valence-electron chi connectivity index (χ1n) is 4.88. The highest BCUT2D eigenvalue weighted by molar-refractivity contribution is 7.89. The summed E-state index contributed by atoms with van der Waals surface area (Å²) in [5.41, 5.74) is 0. The Bertz CT molecular complexity index is 266. The highest BCUT2D eigenvalue weighted by atomic mass is 32.2. The zero-order chi connectivity index (χ0) is 10.6. The third kappa shape index (κ3) is 4.36. The standard InChI is InChI=1S/C8H19N3O2S/c1-10-6-8-2-3-11(7-8)4-5-14(9,12)13/h8,10H,2-7H2,1H3,(H2,9,12,13). The van der Waals surface area contributed by atoms with Crippen molar-refractivity contribution in [2.45, 2.75) is 6.42 Å². The maximum Gasteiger partial charge on any atom is 0.210 e. The summed E-state index contributed by atoms with van der Waals surface area (Å²) in [6, 6.07) is 0. The first-order valence-corrected chi connectivity index (χ1v) is 6.60. The van der Waals surface area contributed by atoms with Gasteiger partial charge in [-0.15, -0.1) is 0 Å². The minimum absolute atomic E-state index is 0.0687. The number of rotatable bonds is 5. The first-order chi connectivity index (χ1) is 6.51. The fraction of sp³-hybridized carbons (Fsp3) is 1.00. The summed E-state index contributed by atoms with van der Waals surface area (Å²) in [5, 5.41) is 8.07. The van der Waals surface area contributed by atoms with Crippen LogP contribution in [0.2, 0.25) is 0 Å². The Morgan fingerprint density at radius 1 is 1.57 bits per heavy atom. The molecule has 0 aromatic rings. The highest BCUT2D eigenvalue weighted by Crippen LogP contribution is 2.14. The van der Waals surface area contributed by atoms with Gasteiger partial charge in [-0.2, -0.15) is 0 Å². The van der Waals surface area contributed by atoms with E-state index in [9.17, 15) is 8.42 Å². The summed E-state index contributed by atoms with van der Waals surface area (Å²) in [5.74, 6) is 0.722. The molecular formula is C8H19N3O2S. The fourth-order valence-corrected chi connectivity index (χ4v) is 2.34. The third-order valence-corrected chi connectivity index (χ3v) is 3.31. The van der Waals surface area contributed by atoms with Crippen molar-refractivity contribution >= 4 is 10.0 Å². The van der Waals surface area contributed by atoms with Crippen molar-refractivity contribution in [3.63, 3.8) is 0 Å². The van der Waals surface area contributed by atoms with Crippen molar-refractivity contribution in [3.8, 4) is 0 Å². The van der Waals surface area contributed by atoms with E-state index in [-0.39, 0.29) is 5.75 Å². The molecule has 1 aliphatic heterocycles. The van der Waals surface area contributed by atoms with Crippen molar-refractivity contribution in [1.29, 1.82) is 0 Å². The van der Waals surface area contributed by atoms with E-state index in [1.54, 1.807) is 0 Å². The second-order valence-corrected chi connectivity index (χ2v) is 5.61. The van der Waals surface area contributed by atoms with Crippen LogP contribution < -0.4 is 10.5 Å². The Labute approximate surface area is 85.7 Å². The number of primary sulfonamides is 1. The number of hydrogen-bond donors (Lipinski definition) is 2. The molecule has 0 radical (unpaired) electrons. The van der Waals surface area contributed by atoms with Gasteiger partial charge in [0.2, 0.25) is 10.0 Å². The first kappa shape index (κ1) is 11.9. The molecule has 6 heteroatoms. The molecule has 1 rings (SSSR count). The molecule has 1 atom stereocenters. The lowest BCUT2D eigenvalue weighted by atomic mass is 10.1. The van der Waals surface area contributed by atoms with Crippen LogP contribution in [0.3, 0.4) is 0 Å². The summed E-state index contributed by atoms with van der Waals surface area (Å²) < 4.78 is 21.5. The molecule has 0 bridgehead atoms. The molecule has 5 nitrogen and oxygen atoms in total. The second-order valence-electron chi connectivity index (χ2n) is 3.88. The molecule has 1 aliphatic rings. The predicted octanol–water partition coefficient (Wildman–Crippen LogP) is -1.18. The van der Waals surface area contributed by atoms with Gasteiger partial charge in [-0.25, -0.2) is 13.6 Å². The number of sulfonamides is 1. The molecule has 0 spiro atoms. The predicted molar refractivity (Wildman–Crippen MR) is 56.4 cm³/mol. The van der Waals surface area contributed by atoms with Gasteiger partial charge in [-0.3, -0.25) is 0 Å². The lowest BCUT2D eigenvalue weighted by molar-refractivity contribution is 0.341. The lowest BCUT2D eigenvalue weighted by Gasteiger charge is -2.14. The smallest absolute Gasteiger partial charge is 0.210 e. The highest BCUT2D eigenvalue weighted by Gasteiger charge is 2.22. The summed E-state index contributed by atoms with van der Waals surface area (Å²) in [7, 11) is -1.36. The molecule has 84 valence electrons. The number of hydrogen-bond acceptors (Lipinski definition) is 4. The summed E-state index contributed by atoms with van der Waals surface area (Å²) >= 11 is 0. The number of nitrogens with one attached hydrogen (secondary N) is 1. The van der Waals surface area contributed by atoms with Gasteiger partial charge >= 0.3 is 0 Å². The summed E-state index contributed by atoms with van der Waals surface area (Å²) in [6.45, 7) is 3.54. The number of likely N-dealkylation sites (tertiary alicyclic amines) is 1. The maximum absolute atomic E-state index is 10.7. The molecule has 1 saturated heterocycles. The van der Waals surface area contributed by atoms with Crippen LogP contribution in [-0.4, -0.2) is 52.3 Å². The largest absolute Gasteiger partial charge is 0.319 e. The monoisotopic (exact) mass is 221 g/mol. The van der Waals surface area contributed by atoms with Crippen LogP contribution >= 0.6 is 0 Å². The Kier molecular flexibility index (Phi) is 4.31. The Hall–Kier alpha value is -0.170. The van der Waals surface area contributed by atoms with Crippen molar-refractivity contribution in [2.24, 2.45) is 11.1 Å². The molecule has 0 amide bonds. The molecule has 1 fully saturated rings. The topological polar surface area (TPSA) is 75.4 Å². The zero-order valence-electron chi connectivity index (χ0n) is 8.57. The quantitative estimate of drug-likeness (QED) is 0.612. The van der Waals surface area contributed by atoms with E-state index in [1.807, 2.05) is 7.05 Å². The average molecular weight is 221 g/mol. The molecule has 0 aromatic heterocycles.